The zero-order chi connectivity index (χ0) is 13.8. The van der Waals surface area contributed by atoms with Crippen molar-refractivity contribution >= 4 is 5.91 Å². The monoisotopic (exact) mass is 263 g/mol. The summed E-state index contributed by atoms with van der Waals surface area (Å²) in [6.45, 7) is 2.75. The van der Waals surface area contributed by atoms with Gasteiger partial charge in [-0.25, -0.2) is 0 Å². The van der Waals surface area contributed by atoms with Crippen LogP contribution in [0.5, 0.6) is 5.75 Å². The van der Waals surface area contributed by atoms with E-state index in [1.165, 1.54) is 0 Å². The van der Waals surface area contributed by atoms with Gasteiger partial charge in [0.05, 0.1) is 12.0 Å². The third-order valence-corrected chi connectivity index (χ3v) is 3.49. The van der Waals surface area contributed by atoms with Gasteiger partial charge in [0.1, 0.15) is 12.4 Å². The van der Waals surface area contributed by atoms with Crippen LogP contribution in [0, 0.1) is 5.92 Å². The van der Waals surface area contributed by atoms with Crippen molar-refractivity contribution in [3.05, 3.63) is 29.8 Å². The maximum Gasteiger partial charge on any atom is 0.229 e. The van der Waals surface area contributed by atoms with E-state index in [1.54, 1.807) is 18.9 Å². The van der Waals surface area contributed by atoms with Gasteiger partial charge in [0.15, 0.2) is 0 Å². The number of aliphatic hydroxyl groups excluding tert-OH is 1. The number of aliphatic hydroxyl groups is 1. The molecule has 4 nitrogen and oxygen atoms in total. The van der Waals surface area contributed by atoms with Gasteiger partial charge in [-0.2, -0.15) is 0 Å². The molecule has 19 heavy (non-hydrogen) atoms. The van der Waals surface area contributed by atoms with E-state index < -0.39 is 0 Å². The summed E-state index contributed by atoms with van der Waals surface area (Å²) in [5.41, 5.74) is 1.09. The lowest BCUT2D eigenvalue weighted by Gasteiger charge is -2.28. The number of para-hydroxylation sites is 1. The Bertz CT molecular complexity index is 445. The van der Waals surface area contributed by atoms with Crippen molar-refractivity contribution in [2.45, 2.75) is 25.9 Å². The summed E-state index contributed by atoms with van der Waals surface area (Å²) < 4.78 is 5.64. The fourth-order valence-electron chi connectivity index (χ4n) is 2.29. The molecule has 1 aromatic rings. The summed E-state index contributed by atoms with van der Waals surface area (Å²) in [5, 5.41) is 9.26. The molecule has 0 radical (unpaired) electrons. The average Bonchev–Trinajstić information content (AvgIpc) is 2.43. The first kappa shape index (κ1) is 13.9. The third-order valence-electron chi connectivity index (χ3n) is 3.49. The Morgan fingerprint density at radius 1 is 1.53 bits per heavy atom. The van der Waals surface area contributed by atoms with Gasteiger partial charge in [-0.3, -0.25) is 4.79 Å². The van der Waals surface area contributed by atoms with E-state index in [1.807, 2.05) is 24.3 Å². The molecule has 2 rings (SSSR count). The Kier molecular flexibility index (Phi) is 4.43. The van der Waals surface area contributed by atoms with Gasteiger partial charge in [0.2, 0.25) is 5.91 Å². The second-order valence-electron chi connectivity index (χ2n) is 5.22. The van der Waals surface area contributed by atoms with Gasteiger partial charge in [0.25, 0.3) is 0 Å². The first-order chi connectivity index (χ1) is 9.08. The number of carbonyl (C=O) groups is 1. The minimum atomic E-state index is -0.376. The minimum absolute atomic E-state index is 0.0927. The number of carbonyl (C=O) groups excluding carboxylic acids is 1. The number of hydrogen-bond acceptors (Lipinski definition) is 3. The summed E-state index contributed by atoms with van der Waals surface area (Å²) in [7, 11) is 1.78. The van der Waals surface area contributed by atoms with E-state index in [4.69, 9.17) is 4.74 Å². The molecule has 0 saturated carbocycles. The number of amides is 1. The standard InChI is InChI=1S/C15H21NO3/c1-11(17)7-8-16(2)15(18)13-9-12-5-3-4-6-14(12)19-10-13/h3-6,11,13,17H,7-10H2,1-2H3. The molecule has 0 aliphatic carbocycles. The number of hydrogen-bond donors (Lipinski definition) is 1. The summed E-state index contributed by atoms with van der Waals surface area (Å²) in [4.78, 5) is 14.0. The smallest absolute Gasteiger partial charge is 0.229 e. The molecular formula is C15H21NO3. The Morgan fingerprint density at radius 2 is 2.26 bits per heavy atom. The Morgan fingerprint density at radius 3 is 3.00 bits per heavy atom. The highest BCUT2D eigenvalue weighted by Gasteiger charge is 2.27. The van der Waals surface area contributed by atoms with Crippen LogP contribution in [0.4, 0.5) is 0 Å². The predicted molar refractivity (Wildman–Crippen MR) is 73.1 cm³/mol. The van der Waals surface area contributed by atoms with Crippen molar-refractivity contribution in [1.82, 2.24) is 4.90 Å². The maximum atomic E-state index is 12.3. The summed E-state index contributed by atoms with van der Waals surface area (Å²) >= 11 is 0. The highest BCUT2D eigenvalue weighted by molar-refractivity contribution is 5.79. The number of nitrogens with zero attached hydrogens (tertiary/aromatic N) is 1. The van der Waals surface area contributed by atoms with Gasteiger partial charge < -0.3 is 14.7 Å². The van der Waals surface area contributed by atoms with Crippen LogP contribution < -0.4 is 4.74 Å². The lowest BCUT2D eigenvalue weighted by Crippen LogP contribution is -2.39. The highest BCUT2D eigenvalue weighted by Crippen LogP contribution is 2.27. The number of fused-ring (bicyclic) bond motifs is 1. The highest BCUT2D eigenvalue weighted by atomic mass is 16.5. The molecule has 0 bridgehead atoms. The van der Waals surface area contributed by atoms with E-state index in [-0.39, 0.29) is 17.9 Å². The molecule has 0 fully saturated rings. The van der Waals surface area contributed by atoms with Crippen LogP contribution in [-0.2, 0) is 11.2 Å². The lowest BCUT2D eigenvalue weighted by molar-refractivity contribution is -0.135. The molecule has 2 unspecified atom stereocenters. The van der Waals surface area contributed by atoms with Crippen molar-refractivity contribution in [2.24, 2.45) is 5.92 Å². The van der Waals surface area contributed by atoms with Crippen molar-refractivity contribution in [1.29, 1.82) is 0 Å². The second kappa shape index (κ2) is 6.06. The molecule has 1 heterocycles. The van der Waals surface area contributed by atoms with Crippen LogP contribution in [0.3, 0.4) is 0 Å². The summed E-state index contributed by atoms with van der Waals surface area (Å²) in [6, 6.07) is 7.85. The van der Waals surface area contributed by atoms with Crippen LogP contribution >= 0.6 is 0 Å². The first-order valence-electron chi connectivity index (χ1n) is 6.71. The quantitative estimate of drug-likeness (QED) is 0.895. The van der Waals surface area contributed by atoms with E-state index in [0.717, 1.165) is 17.7 Å². The van der Waals surface area contributed by atoms with Crippen LogP contribution in [0.15, 0.2) is 24.3 Å². The van der Waals surface area contributed by atoms with E-state index in [9.17, 15) is 9.90 Å². The molecule has 0 spiro atoms. The average molecular weight is 263 g/mol. The van der Waals surface area contributed by atoms with Crippen LogP contribution in [0.25, 0.3) is 0 Å². The Hall–Kier alpha value is -1.55. The van der Waals surface area contributed by atoms with Crippen molar-refractivity contribution in [3.8, 4) is 5.75 Å². The Balaban J connectivity index is 1.95. The molecule has 1 aromatic carbocycles. The fraction of sp³-hybridized carbons (Fsp3) is 0.533. The van der Waals surface area contributed by atoms with Gasteiger partial charge in [-0.15, -0.1) is 0 Å². The van der Waals surface area contributed by atoms with Gasteiger partial charge in [0, 0.05) is 13.6 Å². The maximum absolute atomic E-state index is 12.3. The SMILES string of the molecule is CC(O)CCN(C)C(=O)C1COc2ccccc2C1. The fourth-order valence-corrected chi connectivity index (χ4v) is 2.29. The molecule has 2 atom stereocenters. The van der Waals surface area contributed by atoms with Crippen LogP contribution in [0.1, 0.15) is 18.9 Å². The van der Waals surface area contributed by atoms with Gasteiger partial charge in [-0.1, -0.05) is 18.2 Å². The first-order valence-corrected chi connectivity index (χ1v) is 6.71. The summed E-state index contributed by atoms with van der Waals surface area (Å²) in [6.07, 6.45) is 0.957. The van der Waals surface area contributed by atoms with E-state index in [0.29, 0.717) is 19.6 Å². The molecule has 0 saturated heterocycles. The predicted octanol–water partition coefficient (Wildman–Crippen LogP) is 1.47. The molecule has 1 aliphatic heterocycles. The van der Waals surface area contributed by atoms with Crippen molar-refractivity contribution in [3.63, 3.8) is 0 Å². The molecular weight excluding hydrogens is 242 g/mol. The zero-order valence-corrected chi connectivity index (χ0v) is 11.5. The molecule has 1 N–H and O–H groups in total. The third kappa shape index (κ3) is 3.47. The van der Waals surface area contributed by atoms with Crippen molar-refractivity contribution in [2.75, 3.05) is 20.2 Å². The normalized spacial score (nSPS) is 19.2. The minimum Gasteiger partial charge on any atom is -0.492 e. The molecule has 1 aliphatic rings. The van der Waals surface area contributed by atoms with Crippen molar-refractivity contribution < 1.29 is 14.6 Å². The molecule has 104 valence electrons. The zero-order valence-electron chi connectivity index (χ0n) is 11.5. The lowest BCUT2D eigenvalue weighted by atomic mass is 9.95. The second-order valence-corrected chi connectivity index (χ2v) is 5.22. The number of benzene rings is 1. The van der Waals surface area contributed by atoms with Crippen LogP contribution in [-0.4, -0.2) is 42.2 Å². The molecule has 0 aromatic heterocycles. The van der Waals surface area contributed by atoms with Gasteiger partial charge >= 0.3 is 0 Å². The summed E-state index contributed by atoms with van der Waals surface area (Å²) in [5.74, 6) is 0.863. The van der Waals surface area contributed by atoms with Gasteiger partial charge in [-0.05, 0) is 31.4 Å². The topological polar surface area (TPSA) is 49.8 Å². The largest absolute Gasteiger partial charge is 0.492 e. The molecule has 4 heteroatoms. The Labute approximate surface area is 114 Å². The van der Waals surface area contributed by atoms with E-state index in [2.05, 4.69) is 0 Å². The number of ether oxygens (including phenoxy) is 1. The van der Waals surface area contributed by atoms with E-state index >= 15 is 0 Å². The van der Waals surface area contributed by atoms with Crippen LogP contribution in [0.2, 0.25) is 0 Å². The number of rotatable bonds is 4. The molecule has 1 amide bonds.